The smallest absolute Gasteiger partial charge is 0.216 e. The Labute approximate surface area is 164 Å². The largest absolute Gasteiger partial charge is 0.461 e. The van der Waals surface area contributed by atoms with Gasteiger partial charge in [-0.3, -0.25) is 10.1 Å². The summed E-state index contributed by atoms with van der Waals surface area (Å²) in [5, 5.41) is 14.0. The second-order valence-electron chi connectivity index (χ2n) is 7.19. The van der Waals surface area contributed by atoms with Gasteiger partial charge in [0.05, 0.1) is 6.26 Å². The van der Waals surface area contributed by atoms with Crippen LogP contribution in [0.2, 0.25) is 0 Å². The molecule has 0 unspecified atom stereocenters. The molecule has 0 amide bonds. The van der Waals surface area contributed by atoms with Crippen molar-refractivity contribution in [2.24, 2.45) is 4.99 Å². The summed E-state index contributed by atoms with van der Waals surface area (Å²) >= 11 is 0. The zero-order valence-corrected chi connectivity index (χ0v) is 16.1. The summed E-state index contributed by atoms with van der Waals surface area (Å²) in [5.41, 5.74) is 1.64. The van der Waals surface area contributed by atoms with Crippen LogP contribution in [0.1, 0.15) is 30.7 Å². The summed E-state index contributed by atoms with van der Waals surface area (Å²) in [6.07, 6.45) is 6.06. The van der Waals surface area contributed by atoms with E-state index in [-0.39, 0.29) is 5.41 Å². The minimum absolute atomic E-state index is 0.224. The van der Waals surface area contributed by atoms with Crippen LogP contribution in [-0.4, -0.2) is 41.3 Å². The van der Waals surface area contributed by atoms with E-state index in [9.17, 15) is 0 Å². The lowest BCUT2D eigenvalue weighted by Crippen LogP contribution is -2.49. The van der Waals surface area contributed by atoms with E-state index in [0.717, 1.165) is 24.7 Å². The van der Waals surface area contributed by atoms with Crippen LogP contribution >= 0.6 is 0 Å². The standard InChI is InChI=1S/C21H26N6O/c1-22-20(24-15-21(11-6-12-21)16-7-3-2-4-8-16)23-13-10-18-25-19(27-26-18)17-9-5-14-28-17/h2-5,7-9,14H,6,10-13,15H2,1H3,(H2,22,23,24)(H,25,26,27). The Morgan fingerprint density at radius 2 is 2.04 bits per heavy atom. The van der Waals surface area contributed by atoms with E-state index >= 15 is 0 Å². The molecular weight excluding hydrogens is 352 g/mol. The second-order valence-corrected chi connectivity index (χ2v) is 7.19. The van der Waals surface area contributed by atoms with Gasteiger partial charge in [0.25, 0.3) is 0 Å². The Hall–Kier alpha value is -3.09. The maximum Gasteiger partial charge on any atom is 0.216 e. The van der Waals surface area contributed by atoms with Crippen LogP contribution in [0.3, 0.4) is 0 Å². The third kappa shape index (κ3) is 3.93. The normalized spacial score (nSPS) is 15.8. The van der Waals surface area contributed by atoms with Crippen molar-refractivity contribution in [3.63, 3.8) is 0 Å². The number of guanidine groups is 1. The van der Waals surface area contributed by atoms with Gasteiger partial charge in [-0.2, -0.15) is 5.10 Å². The highest BCUT2D eigenvalue weighted by molar-refractivity contribution is 5.79. The summed E-state index contributed by atoms with van der Waals surface area (Å²) in [5.74, 6) is 2.87. The summed E-state index contributed by atoms with van der Waals surface area (Å²) in [7, 11) is 1.80. The molecule has 3 aromatic rings. The van der Waals surface area contributed by atoms with Gasteiger partial charge < -0.3 is 15.1 Å². The number of furan rings is 1. The van der Waals surface area contributed by atoms with Crippen LogP contribution in [0.15, 0.2) is 58.1 Å². The summed E-state index contributed by atoms with van der Waals surface area (Å²) < 4.78 is 5.32. The first kappa shape index (κ1) is 18.3. The molecule has 2 heterocycles. The van der Waals surface area contributed by atoms with Gasteiger partial charge >= 0.3 is 0 Å². The number of nitrogens with one attached hydrogen (secondary N) is 3. The average Bonchev–Trinajstić information content (AvgIpc) is 3.38. The molecule has 1 aliphatic rings. The van der Waals surface area contributed by atoms with Gasteiger partial charge in [0.1, 0.15) is 5.82 Å². The zero-order chi connectivity index (χ0) is 19.2. The van der Waals surface area contributed by atoms with E-state index in [4.69, 9.17) is 4.42 Å². The molecule has 28 heavy (non-hydrogen) atoms. The molecule has 1 aromatic carbocycles. The highest BCUT2D eigenvalue weighted by Gasteiger charge is 2.38. The predicted octanol–water partition coefficient (Wildman–Crippen LogP) is 2.89. The molecule has 146 valence electrons. The van der Waals surface area contributed by atoms with Gasteiger partial charge in [0.15, 0.2) is 11.7 Å². The van der Waals surface area contributed by atoms with Gasteiger partial charge in [-0.15, -0.1) is 0 Å². The van der Waals surface area contributed by atoms with Crippen molar-refractivity contribution in [1.82, 2.24) is 25.8 Å². The molecule has 3 N–H and O–H groups in total. The molecule has 1 saturated carbocycles. The van der Waals surface area contributed by atoms with E-state index in [1.807, 2.05) is 12.1 Å². The van der Waals surface area contributed by atoms with Crippen molar-refractivity contribution in [2.45, 2.75) is 31.1 Å². The number of nitrogens with zero attached hydrogens (tertiary/aromatic N) is 3. The Morgan fingerprint density at radius 3 is 2.71 bits per heavy atom. The van der Waals surface area contributed by atoms with Crippen molar-refractivity contribution in [3.05, 3.63) is 60.1 Å². The average molecular weight is 378 g/mol. The van der Waals surface area contributed by atoms with E-state index in [1.165, 1.54) is 24.8 Å². The number of H-pyrrole nitrogens is 1. The van der Waals surface area contributed by atoms with Gasteiger partial charge in [0, 0.05) is 32.0 Å². The monoisotopic (exact) mass is 378 g/mol. The maximum atomic E-state index is 5.32. The van der Waals surface area contributed by atoms with Crippen LogP contribution < -0.4 is 10.6 Å². The molecule has 0 radical (unpaired) electrons. The fourth-order valence-electron chi connectivity index (χ4n) is 3.66. The predicted molar refractivity (Wildman–Crippen MR) is 109 cm³/mol. The minimum Gasteiger partial charge on any atom is -0.461 e. The van der Waals surface area contributed by atoms with Gasteiger partial charge in [-0.1, -0.05) is 36.8 Å². The Kier molecular flexibility index (Phi) is 5.41. The lowest BCUT2D eigenvalue weighted by molar-refractivity contribution is 0.244. The summed E-state index contributed by atoms with van der Waals surface area (Å²) in [4.78, 5) is 8.82. The SMILES string of the molecule is CN=C(NCCc1nc(-c2ccco2)n[nH]1)NCC1(c2ccccc2)CCC1. The zero-order valence-electron chi connectivity index (χ0n) is 16.1. The number of aliphatic imine (C=N–C) groups is 1. The molecule has 0 aliphatic heterocycles. The first-order chi connectivity index (χ1) is 13.8. The quantitative estimate of drug-likeness (QED) is 0.434. The summed E-state index contributed by atoms with van der Waals surface area (Å²) in [6, 6.07) is 14.5. The highest BCUT2D eigenvalue weighted by atomic mass is 16.3. The van der Waals surface area contributed by atoms with Crippen molar-refractivity contribution >= 4 is 5.96 Å². The number of hydrogen-bond donors (Lipinski definition) is 3. The maximum absolute atomic E-state index is 5.32. The first-order valence-electron chi connectivity index (χ1n) is 9.74. The molecule has 4 rings (SSSR count). The van der Waals surface area contributed by atoms with Crippen LogP contribution in [0.25, 0.3) is 11.6 Å². The molecule has 0 atom stereocenters. The molecular formula is C21H26N6O. The molecule has 2 aromatic heterocycles. The van der Waals surface area contributed by atoms with Gasteiger partial charge in [-0.05, 0) is 30.5 Å². The fraction of sp³-hybridized carbons (Fsp3) is 0.381. The lowest BCUT2D eigenvalue weighted by atomic mass is 9.64. The fourth-order valence-corrected chi connectivity index (χ4v) is 3.66. The summed E-state index contributed by atoms with van der Waals surface area (Å²) in [6.45, 7) is 1.60. The Morgan fingerprint density at radius 1 is 1.18 bits per heavy atom. The van der Waals surface area contributed by atoms with Crippen molar-refractivity contribution in [2.75, 3.05) is 20.1 Å². The molecule has 0 saturated heterocycles. The molecule has 7 nitrogen and oxygen atoms in total. The van der Waals surface area contributed by atoms with E-state index in [0.29, 0.717) is 18.1 Å². The van der Waals surface area contributed by atoms with Crippen molar-refractivity contribution < 1.29 is 4.42 Å². The molecule has 0 bridgehead atoms. The minimum atomic E-state index is 0.224. The number of benzene rings is 1. The topological polar surface area (TPSA) is 91.1 Å². The van der Waals surface area contributed by atoms with Crippen molar-refractivity contribution in [1.29, 1.82) is 0 Å². The van der Waals surface area contributed by atoms with Gasteiger partial charge in [-0.25, -0.2) is 4.98 Å². The van der Waals surface area contributed by atoms with Crippen LogP contribution in [-0.2, 0) is 11.8 Å². The van der Waals surface area contributed by atoms with Crippen LogP contribution in [0.5, 0.6) is 0 Å². The lowest BCUT2D eigenvalue weighted by Gasteiger charge is -2.43. The number of rotatable bonds is 7. The molecule has 1 fully saturated rings. The molecule has 7 heteroatoms. The third-order valence-electron chi connectivity index (χ3n) is 5.44. The van der Waals surface area contributed by atoms with Crippen LogP contribution in [0, 0.1) is 0 Å². The van der Waals surface area contributed by atoms with Crippen LogP contribution in [0.4, 0.5) is 0 Å². The highest BCUT2D eigenvalue weighted by Crippen LogP contribution is 2.43. The Bertz CT molecular complexity index is 896. The number of aromatic nitrogens is 3. The third-order valence-corrected chi connectivity index (χ3v) is 5.44. The van der Waals surface area contributed by atoms with E-state index in [1.54, 1.807) is 13.3 Å². The van der Waals surface area contributed by atoms with E-state index < -0.39 is 0 Å². The molecule has 0 spiro atoms. The second kappa shape index (κ2) is 8.29. The number of hydrogen-bond acceptors (Lipinski definition) is 4. The Balaban J connectivity index is 1.27. The first-order valence-corrected chi connectivity index (χ1v) is 9.74. The van der Waals surface area contributed by atoms with E-state index in [2.05, 4.69) is 61.1 Å². The van der Waals surface area contributed by atoms with Gasteiger partial charge in [0.2, 0.25) is 5.82 Å². The van der Waals surface area contributed by atoms with Crippen molar-refractivity contribution in [3.8, 4) is 11.6 Å². The number of aromatic amines is 1. The molecule has 1 aliphatic carbocycles.